The van der Waals surface area contributed by atoms with Crippen molar-refractivity contribution in [3.8, 4) is 5.75 Å². The predicted octanol–water partition coefficient (Wildman–Crippen LogP) is 5.45. The molecule has 11 heteroatoms. The first kappa shape index (κ1) is 28.5. The van der Waals surface area contributed by atoms with Gasteiger partial charge in [0.2, 0.25) is 0 Å². The van der Waals surface area contributed by atoms with Crippen molar-refractivity contribution in [1.29, 1.82) is 0 Å². The van der Waals surface area contributed by atoms with Gasteiger partial charge in [0.25, 0.3) is 5.91 Å². The number of hydrogen-bond donors (Lipinski definition) is 2. The Morgan fingerprint density at radius 1 is 1.10 bits per heavy atom. The third-order valence-corrected chi connectivity index (χ3v) is 6.63. The lowest BCUT2D eigenvalue weighted by Gasteiger charge is -2.37. The highest BCUT2D eigenvalue weighted by Gasteiger charge is 2.37. The summed E-state index contributed by atoms with van der Waals surface area (Å²) in [5.41, 5.74) is 0.253. The van der Waals surface area contributed by atoms with Crippen LogP contribution in [0, 0.1) is 25.5 Å². The molecule has 2 aromatic carbocycles. The second-order valence-corrected chi connectivity index (χ2v) is 9.78. The smallest absolute Gasteiger partial charge is 0.408 e. The van der Waals surface area contributed by atoms with Crippen LogP contribution in [0.3, 0.4) is 0 Å². The minimum atomic E-state index is -1.56. The molecule has 0 saturated heterocycles. The van der Waals surface area contributed by atoms with Crippen LogP contribution in [0.15, 0.2) is 60.8 Å². The van der Waals surface area contributed by atoms with Gasteiger partial charge in [-0.2, -0.15) is 0 Å². The Labute approximate surface area is 229 Å². The zero-order valence-corrected chi connectivity index (χ0v) is 22.2. The highest BCUT2D eigenvalue weighted by atomic mass is 19.1. The van der Waals surface area contributed by atoms with Gasteiger partial charge in [0.05, 0.1) is 16.8 Å². The molecule has 4 aromatic rings. The van der Waals surface area contributed by atoms with Crippen molar-refractivity contribution in [3.63, 3.8) is 0 Å². The molecule has 40 heavy (non-hydrogen) atoms. The number of carbonyl (C=O) groups is 2. The number of amides is 2. The maximum Gasteiger partial charge on any atom is 0.408 e. The molecule has 0 fully saturated rings. The zero-order chi connectivity index (χ0) is 29.0. The van der Waals surface area contributed by atoms with Gasteiger partial charge in [-0.25, -0.2) is 22.9 Å². The van der Waals surface area contributed by atoms with Crippen LogP contribution in [0.25, 0.3) is 5.65 Å². The van der Waals surface area contributed by atoms with Gasteiger partial charge < -0.3 is 15.2 Å². The van der Waals surface area contributed by atoms with Gasteiger partial charge in [-0.15, -0.1) is 0 Å². The summed E-state index contributed by atoms with van der Waals surface area (Å²) in [6, 6.07) is 13.9. The number of aromatic nitrogens is 2. The molecule has 8 nitrogen and oxygen atoms in total. The predicted molar refractivity (Wildman–Crippen MR) is 142 cm³/mol. The molecular formula is C29H29F3N4O4. The van der Waals surface area contributed by atoms with Crippen LogP contribution in [0.2, 0.25) is 0 Å². The molecule has 2 amide bonds. The Kier molecular flexibility index (Phi) is 8.32. The number of carboxylic acid groups (broad SMARTS) is 1. The summed E-state index contributed by atoms with van der Waals surface area (Å²) >= 11 is 0. The van der Waals surface area contributed by atoms with Crippen molar-refractivity contribution >= 4 is 17.6 Å². The molecule has 2 N–H and O–H groups in total. The van der Waals surface area contributed by atoms with Crippen LogP contribution in [0.1, 0.15) is 39.8 Å². The van der Waals surface area contributed by atoms with Crippen LogP contribution in [0.5, 0.6) is 5.75 Å². The number of hydrogen-bond acceptors (Lipinski definition) is 4. The van der Waals surface area contributed by atoms with Crippen LogP contribution in [-0.2, 0) is 13.2 Å². The van der Waals surface area contributed by atoms with E-state index in [0.717, 1.165) is 17.0 Å². The van der Waals surface area contributed by atoms with Crippen LogP contribution >= 0.6 is 0 Å². The fraction of sp³-hybridized carbons (Fsp3) is 0.276. The number of nitrogens with zero attached hydrogens (tertiary/aromatic N) is 3. The number of benzene rings is 2. The van der Waals surface area contributed by atoms with Crippen molar-refractivity contribution in [2.24, 2.45) is 0 Å². The molecule has 1 atom stereocenters. The summed E-state index contributed by atoms with van der Waals surface area (Å²) in [5.74, 6) is -1.89. The molecule has 1 unspecified atom stereocenters. The number of pyridine rings is 1. The number of nitrogens with one attached hydrogen (secondary N) is 1. The lowest BCUT2D eigenvalue weighted by molar-refractivity contribution is 0.0583. The fourth-order valence-corrected chi connectivity index (χ4v) is 4.38. The number of aryl methyl sites for hydroxylation is 2. The van der Waals surface area contributed by atoms with Gasteiger partial charge in [0.1, 0.15) is 30.6 Å². The van der Waals surface area contributed by atoms with E-state index >= 15 is 0 Å². The molecule has 0 radical (unpaired) electrons. The van der Waals surface area contributed by atoms with E-state index in [2.05, 4.69) is 10.3 Å². The number of fused-ring (bicyclic) bond motifs is 1. The third kappa shape index (κ3) is 5.88. The lowest BCUT2D eigenvalue weighted by atomic mass is 10.0. The number of ether oxygens (including phenoxy) is 1. The summed E-state index contributed by atoms with van der Waals surface area (Å²) in [4.78, 5) is 30.8. The van der Waals surface area contributed by atoms with Crippen LogP contribution in [0.4, 0.5) is 18.0 Å². The van der Waals surface area contributed by atoms with E-state index in [1.807, 2.05) is 0 Å². The summed E-state index contributed by atoms with van der Waals surface area (Å²) in [5, 5.41) is 12.5. The minimum absolute atomic E-state index is 0.0659. The monoisotopic (exact) mass is 554 g/mol. The van der Waals surface area contributed by atoms with Crippen LogP contribution in [-0.4, -0.2) is 50.1 Å². The highest BCUT2D eigenvalue weighted by Crippen LogP contribution is 2.26. The van der Waals surface area contributed by atoms with Gasteiger partial charge in [-0.3, -0.25) is 14.1 Å². The molecule has 0 aliphatic heterocycles. The zero-order valence-electron chi connectivity index (χ0n) is 22.2. The Morgan fingerprint density at radius 2 is 1.77 bits per heavy atom. The third-order valence-electron chi connectivity index (χ3n) is 6.63. The van der Waals surface area contributed by atoms with Crippen molar-refractivity contribution < 1.29 is 32.6 Å². The summed E-state index contributed by atoms with van der Waals surface area (Å²) < 4.78 is 49.7. The molecule has 0 spiro atoms. The average molecular weight is 555 g/mol. The van der Waals surface area contributed by atoms with E-state index in [9.17, 15) is 27.9 Å². The van der Waals surface area contributed by atoms with Crippen molar-refractivity contribution in [2.75, 3.05) is 13.2 Å². The second-order valence-electron chi connectivity index (χ2n) is 9.78. The standard InChI is InChI=1S/C29H29F3N4O4/c1-18-12-24(40-15-21-22(31)10-7-11-23(21)32)26-34-19(2)25(35(26)13-18)27(37)33-17-29(3,16-30)36(28(38)39)14-20-8-5-4-6-9-20/h4-13H,14-17H2,1-3H3,(H,33,37)(H,38,39). The number of alkyl halides is 1. The Bertz CT molecular complexity index is 1520. The summed E-state index contributed by atoms with van der Waals surface area (Å²) in [6.45, 7) is 2.96. The van der Waals surface area contributed by atoms with E-state index in [1.165, 1.54) is 17.4 Å². The highest BCUT2D eigenvalue weighted by molar-refractivity contribution is 5.95. The van der Waals surface area contributed by atoms with Crippen LogP contribution < -0.4 is 10.1 Å². The topological polar surface area (TPSA) is 96.2 Å². The lowest BCUT2D eigenvalue weighted by Crippen LogP contribution is -2.57. The first-order valence-electron chi connectivity index (χ1n) is 12.5. The molecule has 0 saturated carbocycles. The normalized spacial score (nSPS) is 12.7. The number of halogens is 3. The minimum Gasteiger partial charge on any atom is -0.485 e. The average Bonchev–Trinajstić information content (AvgIpc) is 3.25. The molecule has 0 bridgehead atoms. The van der Waals surface area contributed by atoms with Crippen molar-refractivity contribution in [3.05, 3.63) is 101 Å². The molecule has 0 aliphatic carbocycles. The van der Waals surface area contributed by atoms with Gasteiger partial charge >= 0.3 is 6.09 Å². The van der Waals surface area contributed by atoms with E-state index in [1.54, 1.807) is 56.4 Å². The van der Waals surface area contributed by atoms with Gasteiger partial charge in [-0.1, -0.05) is 36.4 Å². The molecule has 2 aromatic heterocycles. The molecule has 2 heterocycles. The quantitative estimate of drug-likeness (QED) is 0.272. The largest absolute Gasteiger partial charge is 0.485 e. The molecular weight excluding hydrogens is 525 g/mol. The summed E-state index contributed by atoms with van der Waals surface area (Å²) in [6.07, 6.45) is 0.321. The molecule has 210 valence electrons. The van der Waals surface area contributed by atoms with E-state index in [0.29, 0.717) is 16.8 Å². The van der Waals surface area contributed by atoms with Crippen molar-refractivity contribution in [1.82, 2.24) is 19.6 Å². The molecule has 4 rings (SSSR count). The SMILES string of the molecule is Cc1cc(OCc2c(F)cccc2F)c2nc(C)c(C(=O)NCC(C)(CF)N(Cc3ccccc3)C(=O)O)n2c1. The first-order chi connectivity index (χ1) is 19.0. The van der Waals surface area contributed by atoms with Gasteiger partial charge in [0.15, 0.2) is 11.4 Å². The van der Waals surface area contributed by atoms with E-state index in [4.69, 9.17) is 4.74 Å². The fourth-order valence-electron chi connectivity index (χ4n) is 4.38. The number of carbonyl (C=O) groups excluding carboxylic acids is 1. The second kappa shape index (κ2) is 11.7. The first-order valence-corrected chi connectivity index (χ1v) is 12.5. The van der Waals surface area contributed by atoms with Crippen molar-refractivity contribution in [2.45, 2.75) is 39.5 Å². The number of imidazole rings is 1. The maximum absolute atomic E-state index is 14.3. The Morgan fingerprint density at radius 3 is 2.40 bits per heavy atom. The van der Waals surface area contributed by atoms with E-state index < -0.39 is 42.5 Å². The number of rotatable bonds is 10. The maximum atomic E-state index is 14.3. The Hall–Kier alpha value is -4.54. The molecule has 0 aliphatic rings. The van der Waals surface area contributed by atoms with E-state index in [-0.39, 0.29) is 35.7 Å². The Balaban J connectivity index is 1.58. The van der Waals surface area contributed by atoms with Gasteiger partial charge in [0, 0.05) is 19.3 Å². The van der Waals surface area contributed by atoms with Gasteiger partial charge in [-0.05, 0) is 50.1 Å². The summed E-state index contributed by atoms with van der Waals surface area (Å²) in [7, 11) is 0.